The highest BCUT2D eigenvalue weighted by Crippen LogP contribution is 2.02. The fraction of sp³-hybridized carbons (Fsp3) is 0.588. The molecule has 132 valence electrons. The highest BCUT2D eigenvalue weighted by Gasteiger charge is 2.07. The summed E-state index contributed by atoms with van der Waals surface area (Å²) in [5, 5.41) is 10.0. The maximum absolute atomic E-state index is 12.1. The minimum atomic E-state index is -0.153. The highest BCUT2D eigenvalue weighted by atomic mass is 16.2. The zero-order chi connectivity index (χ0) is 17.4. The third-order valence-corrected chi connectivity index (χ3v) is 3.94. The van der Waals surface area contributed by atoms with Gasteiger partial charge >= 0.3 is 11.7 Å². The lowest BCUT2D eigenvalue weighted by Crippen LogP contribution is -2.41. The summed E-state index contributed by atoms with van der Waals surface area (Å²) < 4.78 is 2.94. The lowest BCUT2D eigenvalue weighted by atomic mass is 10.1. The van der Waals surface area contributed by atoms with Gasteiger partial charge in [0.2, 0.25) is 0 Å². The molecule has 0 saturated heterocycles. The molecule has 0 spiro atoms. The summed E-state index contributed by atoms with van der Waals surface area (Å²) in [6.07, 6.45) is 6.86. The van der Waals surface area contributed by atoms with Gasteiger partial charge in [0.15, 0.2) is 5.65 Å². The van der Waals surface area contributed by atoms with Crippen molar-refractivity contribution >= 4 is 11.7 Å². The molecular weight excluding hydrogens is 306 g/mol. The first-order valence-corrected chi connectivity index (χ1v) is 8.70. The predicted molar refractivity (Wildman–Crippen MR) is 94.2 cm³/mol. The molecular formula is C17H27N5O2. The molecule has 7 heteroatoms. The van der Waals surface area contributed by atoms with Crippen LogP contribution in [0.2, 0.25) is 0 Å². The van der Waals surface area contributed by atoms with Gasteiger partial charge in [-0.2, -0.15) is 0 Å². The minimum Gasteiger partial charge on any atom is -0.338 e. The Morgan fingerprint density at radius 2 is 2.12 bits per heavy atom. The van der Waals surface area contributed by atoms with Crippen molar-refractivity contribution in [2.24, 2.45) is 0 Å². The summed E-state index contributed by atoms with van der Waals surface area (Å²) in [7, 11) is 0. The van der Waals surface area contributed by atoms with E-state index in [4.69, 9.17) is 0 Å². The van der Waals surface area contributed by atoms with Crippen molar-refractivity contribution < 1.29 is 4.79 Å². The topological polar surface area (TPSA) is 80.4 Å². The van der Waals surface area contributed by atoms with Gasteiger partial charge in [-0.1, -0.05) is 32.3 Å². The van der Waals surface area contributed by atoms with Crippen molar-refractivity contribution in [3.05, 3.63) is 34.9 Å². The molecule has 0 aliphatic heterocycles. The zero-order valence-corrected chi connectivity index (χ0v) is 14.5. The minimum absolute atomic E-state index is 0.152. The fourth-order valence-corrected chi connectivity index (χ4v) is 2.59. The molecule has 0 fully saturated rings. The number of nitrogens with zero attached hydrogens (tertiary/aromatic N) is 3. The first-order valence-electron chi connectivity index (χ1n) is 8.70. The number of amides is 2. The number of hydrogen-bond acceptors (Lipinski definition) is 3. The molecule has 2 amide bonds. The van der Waals surface area contributed by atoms with Gasteiger partial charge < -0.3 is 10.6 Å². The molecule has 2 aromatic heterocycles. The zero-order valence-electron chi connectivity index (χ0n) is 14.5. The third-order valence-electron chi connectivity index (χ3n) is 3.94. The van der Waals surface area contributed by atoms with Gasteiger partial charge in [-0.25, -0.2) is 14.3 Å². The Kier molecular flexibility index (Phi) is 6.84. The number of carbonyl (C=O) groups is 1. The molecule has 0 radical (unpaired) electrons. The van der Waals surface area contributed by atoms with E-state index in [2.05, 4.69) is 22.7 Å². The molecule has 0 aliphatic rings. The summed E-state index contributed by atoms with van der Waals surface area (Å²) >= 11 is 0. The predicted octanol–water partition coefficient (Wildman–Crippen LogP) is 2.15. The summed E-state index contributed by atoms with van der Waals surface area (Å²) in [6.45, 7) is 5.17. The smallest absolute Gasteiger partial charge is 0.338 e. The lowest BCUT2D eigenvalue weighted by Gasteiger charge is -2.14. The van der Waals surface area contributed by atoms with Gasteiger partial charge in [-0.05, 0) is 31.9 Å². The van der Waals surface area contributed by atoms with E-state index in [1.807, 2.05) is 13.0 Å². The van der Waals surface area contributed by atoms with Crippen LogP contribution in [0.15, 0.2) is 29.2 Å². The number of nitrogens with one attached hydrogen (secondary N) is 2. The average molecular weight is 333 g/mol. The van der Waals surface area contributed by atoms with Crippen LogP contribution in [-0.4, -0.2) is 32.8 Å². The molecule has 0 saturated carbocycles. The largest absolute Gasteiger partial charge is 0.350 e. The Labute approximate surface area is 142 Å². The molecule has 2 rings (SSSR count). The Hall–Kier alpha value is -2.31. The van der Waals surface area contributed by atoms with Gasteiger partial charge in [-0.3, -0.25) is 4.40 Å². The van der Waals surface area contributed by atoms with Crippen molar-refractivity contribution in [3.63, 3.8) is 0 Å². The lowest BCUT2D eigenvalue weighted by molar-refractivity contribution is 0.236. The van der Waals surface area contributed by atoms with Crippen LogP contribution < -0.4 is 16.3 Å². The van der Waals surface area contributed by atoms with E-state index < -0.39 is 0 Å². The van der Waals surface area contributed by atoms with Crippen LogP contribution in [0.4, 0.5) is 4.79 Å². The third kappa shape index (κ3) is 5.11. The van der Waals surface area contributed by atoms with E-state index in [0.29, 0.717) is 25.2 Å². The van der Waals surface area contributed by atoms with E-state index in [9.17, 15) is 9.59 Å². The van der Waals surface area contributed by atoms with Crippen LogP contribution in [-0.2, 0) is 6.54 Å². The molecule has 0 bridgehead atoms. The Morgan fingerprint density at radius 1 is 1.29 bits per heavy atom. The molecule has 1 atom stereocenters. The van der Waals surface area contributed by atoms with E-state index >= 15 is 0 Å². The van der Waals surface area contributed by atoms with E-state index in [1.165, 1.54) is 21.9 Å². The van der Waals surface area contributed by atoms with E-state index in [1.54, 1.807) is 18.3 Å². The number of hydrogen-bond donors (Lipinski definition) is 2. The Balaban J connectivity index is 1.69. The fourth-order valence-electron chi connectivity index (χ4n) is 2.59. The maximum Gasteiger partial charge on any atom is 0.350 e. The van der Waals surface area contributed by atoms with E-state index in [-0.39, 0.29) is 17.8 Å². The van der Waals surface area contributed by atoms with Crippen molar-refractivity contribution in [2.45, 2.75) is 58.5 Å². The number of carbonyl (C=O) groups excluding carboxylic acids is 1. The quantitative estimate of drug-likeness (QED) is 0.690. The van der Waals surface area contributed by atoms with Crippen LogP contribution >= 0.6 is 0 Å². The molecule has 24 heavy (non-hydrogen) atoms. The van der Waals surface area contributed by atoms with E-state index in [0.717, 1.165) is 12.8 Å². The van der Waals surface area contributed by atoms with Gasteiger partial charge in [0.25, 0.3) is 0 Å². The maximum atomic E-state index is 12.1. The molecule has 7 nitrogen and oxygen atoms in total. The summed E-state index contributed by atoms with van der Waals surface area (Å²) in [6, 6.07) is 5.47. The van der Waals surface area contributed by atoms with Crippen LogP contribution in [0.5, 0.6) is 0 Å². The number of fused-ring (bicyclic) bond motifs is 1. The number of unbranched alkanes of at least 4 members (excludes halogenated alkanes) is 2. The molecule has 0 aromatic carbocycles. The number of pyridine rings is 1. The summed E-state index contributed by atoms with van der Waals surface area (Å²) in [5.41, 5.74) is 0.480. The molecule has 2 aromatic rings. The second-order valence-corrected chi connectivity index (χ2v) is 6.09. The van der Waals surface area contributed by atoms with Gasteiger partial charge in [0.05, 0.1) is 0 Å². The van der Waals surface area contributed by atoms with Gasteiger partial charge in [0.1, 0.15) is 0 Å². The number of aromatic nitrogens is 3. The van der Waals surface area contributed by atoms with Crippen LogP contribution in [0.1, 0.15) is 46.0 Å². The normalized spacial score (nSPS) is 12.2. The molecule has 2 heterocycles. The molecule has 0 aliphatic carbocycles. The first-order chi connectivity index (χ1) is 11.6. The Bertz CT molecular complexity index is 706. The van der Waals surface area contributed by atoms with Crippen molar-refractivity contribution in [3.8, 4) is 0 Å². The summed E-state index contributed by atoms with van der Waals surface area (Å²) in [5.74, 6) is 0. The highest BCUT2D eigenvalue weighted by molar-refractivity contribution is 5.74. The number of aryl methyl sites for hydroxylation is 1. The Morgan fingerprint density at radius 3 is 2.88 bits per heavy atom. The first kappa shape index (κ1) is 18.0. The standard InChI is InChI=1S/C17H27N5O2/c1-3-4-5-9-14(2)19-16(23)18-11-8-13-22-17(24)21-12-7-6-10-15(21)20-22/h6-7,10,12,14H,3-5,8-9,11,13H2,1-2H3,(H2,18,19,23). The van der Waals surface area contributed by atoms with Crippen molar-refractivity contribution in [2.75, 3.05) is 6.54 Å². The molecule has 2 N–H and O–H groups in total. The van der Waals surface area contributed by atoms with Crippen LogP contribution in [0.3, 0.4) is 0 Å². The van der Waals surface area contributed by atoms with Crippen LogP contribution in [0.25, 0.3) is 5.65 Å². The summed E-state index contributed by atoms with van der Waals surface area (Å²) in [4.78, 5) is 23.9. The number of urea groups is 1. The molecule has 1 unspecified atom stereocenters. The second-order valence-electron chi connectivity index (χ2n) is 6.09. The van der Waals surface area contributed by atoms with Gasteiger partial charge in [0, 0.05) is 25.3 Å². The van der Waals surface area contributed by atoms with Crippen LogP contribution in [0, 0.1) is 0 Å². The van der Waals surface area contributed by atoms with Crippen molar-refractivity contribution in [1.29, 1.82) is 0 Å². The monoisotopic (exact) mass is 333 g/mol. The van der Waals surface area contributed by atoms with Crippen molar-refractivity contribution in [1.82, 2.24) is 24.8 Å². The average Bonchev–Trinajstić information content (AvgIpc) is 2.88. The van der Waals surface area contributed by atoms with Gasteiger partial charge in [-0.15, -0.1) is 5.10 Å². The SMILES string of the molecule is CCCCCC(C)NC(=O)NCCCn1nc2ccccn2c1=O. The second kappa shape index (κ2) is 9.10. The number of rotatable bonds is 9.